The fraction of sp³-hybridized carbons (Fsp3) is 0.625. The van der Waals surface area contributed by atoms with Crippen molar-refractivity contribution in [1.82, 2.24) is 9.88 Å². The lowest BCUT2D eigenvalue weighted by atomic mass is 9.97. The number of hydrogen-bond donors (Lipinski definition) is 1. The Bertz CT molecular complexity index is 474. The zero-order chi connectivity index (χ0) is 15.9. The summed E-state index contributed by atoms with van der Waals surface area (Å²) >= 11 is 6.02. The van der Waals surface area contributed by atoms with Crippen molar-refractivity contribution < 1.29 is 9.94 Å². The highest BCUT2D eigenvalue weighted by molar-refractivity contribution is 6.69. The number of hydrogen-bond acceptors (Lipinski definition) is 5. The third kappa shape index (κ3) is 4.93. The first-order valence-corrected chi connectivity index (χ1v) is 8.15. The van der Waals surface area contributed by atoms with Crippen molar-refractivity contribution in [2.24, 2.45) is 5.16 Å². The maximum atomic E-state index is 10.1. The van der Waals surface area contributed by atoms with E-state index in [1.807, 2.05) is 0 Å². The van der Waals surface area contributed by atoms with E-state index in [1.165, 1.54) is 19.3 Å². The Labute approximate surface area is 136 Å². The van der Waals surface area contributed by atoms with Gasteiger partial charge in [-0.3, -0.25) is 9.88 Å². The first-order valence-electron chi connectivity index (χ1n) is 7.77. The van der Waals surface area contributed by atoms with Crippen LogP contribution in [0.2, 0.25) is 0 Å². The predicted molar refractivity (Wildman–Crippen MR) is 88.1 cm³/mol. The summed E-state index contributed by atoms with van der Waals surface area (Å²) in [5.74, 6) is 0. The van der Waals surface area contributed by atoms with Gasteiger partial charge in [0.2, 0.25) is 0 Å². The Morgan fingerprint density at radius 2 is 2.23 bits per heavy atom. The predicted octanol–water partition coefficient (Wildman–Crippen LogP) is 2.62. The van der Waals surface area contributed by atoms with Gasteiger partial charge in [0.15, 0.2) is 5.17 Å². The van der Waals surface area contributed by atoms with E-state index in [9.17, 15) is 5.11 Å². The van der Waals surface area contributed by atoms with E-state index in [1.54, 1.807) is 24.5 Å². The van der Waals surface area contributed by atoms with E-state index < -0.39 is 6.10 Å². The molecule has 0 aliphatic carbocycles. The molecular weight excluding hydrogens is 302 g/mol. The van der Waals surface area contributed by atoms with Crippen LogP contribution in [0, 0.1) is 0 Å². The summed E-state index contributed by atoms with van der Waals surface area (Å²) in [4.78, 5) is 11.5. The number of nitrogens with zero attached hydrogens (tertiary/aromatic N) is 3. The summed E-state index contributed by atoms with van der Waals surface area (Å²) < 4.78 is 0. The lowest BCUT2D eigenvalue weighted by Crippen LogP contribution is -2.48. The zero-order valence-electron chi connectivity index (χ0n) is 13.2. The standard InChI is InChI=1S/C16H24ClN3O2/c1-12-5-3-6-13(2)20(12)10-15(21)11-22-19-16(17)14-7-4-8-18-9-14/h4,7-9,12-13,15,21H,3,5-6,10-11H2,1-2H3. The van der Waals surface area contributed by atoms with E-state index in [0.717, 1.165) is 0 Å². The third-order valence-electron chi connectivity index (χ3n) is 4.11. The van der Waals surface area contributed by atoms with Gasteiger partial charge < -0.3 is 9.94 Å². The minimum Gasteiger partial charge on any atom is -0.392 e. The summed E-state index contributed by atoms with van der Waals surface area (Å²) in [7, 11) is 0. The van der Waals surface area contributed by atoms with Gasteiger partial charge in [-0.1, -0.05) is 23.2 Å². The number of aliphatic hydroxyl groups excluding tert-OH is 1. The molecule has 1 N–H and O–H groups in total. The molecule has 2 heterocycles. The maximum absolute atomic E-state index is 10.1. The van der Waals surface area contributed by atoms with Crippen molar-refractivity contribution in [3.8, 4) is 0 Å². The minimum absolute atomic E-state index is 0.131. The Balaban J connectivity index is 1.79. The molecule has 0 aromatic carbocycles. The highest BCUT2D eigenvalue weighted by atomic mass is 35.5. The number of oxime groups is 1. The molecule has 0 bridgehead atoms. The van der Waals surface area contributed by atoms with Gasteiger partial charge in [0.25, 0.3) is 0 Å². The van der Waals surface area contributed by atoms with E-state index in [2.05, 4.69) is 28.9 Å². The normalized spacial score (nSPS) is 25.0. The van der Waals surface area contributed by atoms with Gasteiger partial charge >= 0.3 is 0 Å². The van der Waals surface area contributed by atoms with Gasteiger partial charge in [0.05, 0.1) is 0 Å². The highest BCUT2D eigenvalue weighted by Gasteiger charge is 2.26. The average Bonchev–Trinajstić information content (AvgIpc) is 2.52. The summed E-state index contributed by atoms with van der Waals surface area (Å²) in [5, 5.41) is 14.2. The van der Waals surface area contributed by atoms with E-state index in [0.29, 0.717) is 24.2 Å². The number of aliphatic hydroxyl groups is 1. The molecular formula is C16H24ClN3O2. The Kier molecular flexibility index (Phi) is 6.61. The van der Waals surface area contributed by atoms with Crippen LogP contribution in [0.3, 0.4) is 0 Å². The second-order valence-electron chi connectivity index (χ2n) is 5.90. The molecule has 6 heteroatoms. The van der Waals surface area contributed by atoms with Crippen LogP contribution < -0.4 is 0 Å². The van der Waals surface area contributed by atoms with Gasteiger partial charge in [0.1, 0.15) is 12.7 Å². The third-order valence-corrected chi connectivity index (χ3v) is 4.40. The van der Waals surface area contributed by atoms with Crippen molar-refractivity contribution >= 4 is 16.8 Å². The summed E-state index contributed by atoms with van der Waals surface area (Å²) in [5.41, 5.74) is 0.692. The van der Waals surface area contributed by atoms with Gasteiger partial charge in [-0.2, -0.15) is 0 Å². The van der Waals surface area contributed by atoms with E-state index >= 15 is 0 Å². The number of halogens is 1. The van der Waals surface area contributed by atoms with E-state index in [-0.39, 0.29) is 11.8 Å². The molecule has 0 radical (unpaired) electrons. The van der Waals surface area contributed by atoms with Gasteiger partial charge in [-0.25, -0.2) is 0 Å². The fourth-order valence-electron chi connectivity index (χ4n) is 2.85. The lowest BCUT2D eigenvalue weighted by molar-refractivity contribution is -0.00733. The average molecular weight is 326 g/mol. The quantitative estimate of drug-likeness (QED) is 0.645. The molecule has 1 aliphatic rings. The number of pyridine rings is 1. The van der Waals surface area contributed by atoms with Crippen molar-refractivity contribution in [2.75, 3.05) is 13.2 Å². The van der Waals surface area contributed by atoms with Crippen LogP contribution in [-0.2, 0) is 4.84 Å². The monoisotopic (exact) mass is 325 g/mol. The summed E-state index contributed by atoms with van der Waals surface area (Å²) in [6.45, 7) is 5.15. The second-order valence-corrected chi connectivity index (χ2v) is 6.26. The molecule has 1 aromatic rings. The second kappa shape index (κ2) is 8.46. The minimum atomic E-state index is -0.579. The zero-order valence-corrected chi connectivity index (χ0v) is 13.9. The maximum Gasteiger partial charge on any atom is 0.177 e. The molecule has 0 amide bonds. The van der Waals surface area contributed by atoms with Crippen molar-refractivity contribution in [3.63, 3.8) is 0 Å². The molecule has 0 spiro atoms. The molecule has 1 aliphatic heterocycles. The molecule has 1 fully saturated rings. The van der Waals surface area contributed by atoms with Crippen LogP contribution >= 0.6 is 11.6 Å². The largest absolute Gasteiger partial charge is 0.392 e. The number of rotatable bonds is 6. The Morgan fingerprint density at radius 3 is 2.86 bits per heavy atom. The molecule has 5 nitrogen and oxygen atoms in total. The van der Waals surface area contributed by atoms with Crippen molar-refractivity contribution in [2.45, 2.75) is 51.3 Å². The molecule has 22 heavy (non-hydrogen) atoms. The van der Waals surface area contributed by atoms with Crippen LogP contribution in [0.25, 0.3) is 0 Å². The van der Waals surface area contributed by atoms with Crippen LogP contribution in [0.15, 0.2) is 29.7 Å². The number of piperidine rings is 1. The van der Waals surface area contributed by atoms with Gasteiger partial charge in [0, 0.05) is 36.6 Å². The van der Waals surface area contributed by atoms with Gasteiger partial charge in [-0.15, -0.1) is 0 Å². The van der Waals surface area contributed by atoms with Crippen LogP contribution in [0.4, 0.5) is 0 Å². The number of likely N-dealkylation sites (tertiary alicyclic amines) is 1. The summed E-state index contributed by atoms with van der Waals surface area (Å²) in [6.07, 6.45) is 6.33. The number of β-amino-alcohol motifs (C(OH)–C–C–N with tert-alkyl or cyclic N) is 1. The number of aromatic nitrogens is 1. The smallest absolute Gasteiger partial charge is 0.177 e. The highest BCUT2D eigenvalue weighted by Crippen LogP contribution is 2.22. The van der Waals surface area contributed by atoms with Gasteiger partial charge in [-0.05, 0) is 38.8 Å². The van der Waals surface area contributed by atoms with Crippen molar-refractivity contribution in [3.05, 3.63) is 30.1 Å². The first kappa shape index (κ1) is 17.2. The molecule has 0 saturated carbocycles. The fourth-order valence-corrected chi connectivity index (χ4v) is 3.01. The first-order chi connectivity index (χ1) is 10.6. The SMILES string of the molecule is CC1CCCC(C)N1CC(O)CON=C(Cl)c1cccnc1. The molecule has 1 aromatic heterocycles. The summed E-state index contributed by atoms with van der Waals surface area (Å²) in [6, 6.07) is 4.58. The van der Waals surface area contributed by atoms with Crippen LogP contribution in [0.1, 0.15) is 38.7 Å². The van der Waals surface area contributed by atoms with E-state index in [4.69, 9.17) is 16.4 Å². The molecule has 2 rings (SSSR count). The van der Waals surface area contributed by atoms with Crippen molar-refractivity contribution in [1.29, 1.82) is 0 Å². The van der Waals surface area contributed by atoms with Crippen LogP contribution in [-0.4, -0.2) is 51.5 Å². The van der Waals surface area contributed by atoms with Crippen LogP contribution in [0.5, 0.6) is 0 Å². The Hall–Kier alpha value is -1.17. The molecule has 3 atom stereocenters. The Morgan fingerprint density at radius 1 is 1.50 bits per heavy atom. The lowest BCUT2D eigenvalue weighted by Gasteiger charge is -2.39. The topological polar surface area (TPSA) is 58.0 Å². The molecule has 1 saturated heterocycles. The molecule has 3 unspecified atom stereocenters. The molecule has 122 valence electrons.